The molecule has 0 aliphatic carbocycles. The number of hydrogen-bond acceptors (Lipinski definition) is 2. The number of likely N-dealkylation sites (N-methyl/N-ethyl adjacent to an activating group) is 2. The first kappa shape index (κ1) is 17.1. The van der Waals surface area contributed by atoms with Crippen LogP contribution in [0.25, 0.3) is 0 Å². The molecule has 0 saturated carbocycles. The topological polar surface area (TPSA) is 52.7 Å². The molecule has 0 unspecified atom stereocenters. The molecule has 0 radical (unpaired) electrons. The van der Waals surface area contributed by atoms with Gasteiger partial charge in [-0.05, 0) is 24.1 Å². The van der Waals surface area contributed by atoms with Crippen LogP contribution in [0.1, 0.15) is 16.7 Å². The summed E-state index contributed by atoms with van der Waals surface area (Å²) < 4.78 is 38.6. The van der Waals surface area contributed by atoms with Crippen LogP contribution >= 0.6 is 0 Å². The van der Waals surface area contributed by atoms with Crippen molar-refractivity contribution in [3.8, 4) is 0 Å². The van der Waals surface area contributed by atoms with Crippen LogP contribution in [0.3, 0.4) is 0 Å². The Bertz CT molecular complexity index is 631. The zero-order valence-corrected chi connectivity index (χ0v) is 13.1. The highest BCUT2D eigenvalue weighted by Gasteiger charge is 2.37. The summed E-state index contributed by atoms with van der Waals surface area (Å²) in [5.74, 6) is -0.387. The summed E-state index contributed by atoms with van der Waals surface area (Å²) in [6, 6.07) is 2.97. The van der Waals surface area contributed by atoms with E-state index in [9.17, 15) is 22.8 Å². The fraction of sp³-hybridized carbons (Fsp3) is 0.467. The molecule has 1 aliphatic rings. The van der Waals surface area contributed by atoms with Gasteiger partial charge in [-0.1, -0.05) is 12.1 Å². The molecule has 0 aromatic heterocycles. The van der Waals surface area contributed by atoms with Gasteiger partial charge < -0.3 is 15.1 Å². The fourth-order valence-corrected chi connectivity index (χ4v) is 2.60. The zero-order chi connectivity index (χ0) is 17.4. The van der Waals surface area contributed by atoms with E-state index in [1.165, 1.54) is 29.8 Å². The first-order valence-corrected chi connectivity index (χ1v) is 7.04. The van der Waals surface area contributed by atoms with Crippen molar-refractivity contribution in [1.82, 2.24) is 15.1 Å². The van der Waals surface area contributed by atoms with Gasteiger partial charge in [0.05, 0.1) is 12.1 Å². The summed E-state index contributed by atoms with van der Waals surface area (Å²) in [4.78, 5) is 26.5. The summed E-state index contributed by atoms with van der Waals surface area (Å²) >= 11 is 0. The molecule has 0 spiro atoms. The molecule has 23 heavy (non-hydrogen) atoms. The van der Waals surface area contributed by atoms with Crippen LogP contribution in [0.4, 0.5) is 18.0 Å². The molecule has 1 fully saturated rings. The molecule has 1 atom stereocenters. The standard InChI is InChI=1S/C15H18F3N3O2/c1-9-10(5-4-6-11(9)15(16,17)18)7-19-13(22)12-8-20(2)14(23)21(12)3/h4-6,12H,7-8H2,1-3H3,(H,19,22)/t12-/m0/s1. The quantitative estimate of drug-likeness (QED) is 0.922. The maximum absolute atomic E-state index is 12.9. The third-order valence-electron chi connectivity index (χ3n) is 4.05. The van der Waals surface area contributed by atoms with E-state index in [1.54, 1.807) is 13.1 Å². The molecule has 1 N–H and O–H groups in total. The minimum Gasteiger partial charge on any atom is -0.350 e. The molecule has 1 aromatic carbocycles. The lowest BCUT2D eigenvalue weighted by molar-refractivity contribution is -0.138. The van der Waals surface area contributed by atoms with Crippen molar-refractivity contribution in [2.45, 2.75) is 25.7 Å². The Hall–Kier alpha value is -2.25. The molecule has 2 rings (SSSR count). The predicted molar refractivity (Wildman–Crippen MR) is 77.6 cm³/mol. The Balaban J connectivity index is 2.07. The smallest absolute Gasteiger partial charge is 0.350 e. The highest BCUT2D eigenvalue weighted by Crippen LogP contribution is 2.32. The number of alkyl halides is 3. The van der Waals surface area contributed by atoms with E-state index in [0.717, 1.165) is 6.07 Å². The Kier molecular flexibility index (Phi) is 4.53. The molecule has 1 heterocycles. The number of carbonyl (C=O) groups excluding carboxylic acids is 2. The molecule has 3 amide bonds. The number of urea groups is 1. The third kappa shape index (κ3) is 3.40. The van der Waals surface area contributed by atoms with Gasteiger partial charge in [-0.2, -0.15) is 13.2 Å². The Morgan fingerprint density at radius 3 is 2.52 bits per heavy atom. The molecular formula is C15H18F3N3O2. The van der Waals surface area contributed by atoms with E-state index in [2.05, 4.69) is 5.32 Å². The van der Waals surface area contributed by atoms with Crippen LogP contribution in [0.2, 0.25) is 0 Å². The summed E-state index contributed by atoms with van der Waals surface area (Å²) in [6.45, 7) is 1.61. The second-order valence-electron chi connectivity index (χ2n) is 5.60. The van der Waals surface area contributed by atoms with Crippen LogP contribution in [0, 0.1) is 6.92 Å². The largest absolute Gasteiger partial charge is 0.416 e. The van der Waals surface area contributed by atoms with Crippen molar-refractivity contribution in [3.05, 3.63) is 34.9 Å². The van der Waals surface area contributed by atoms with E-state index in [-0.39, 0.29) is 30.6 Å². The second kappa shape index (κ2) is 6.10. The first-order valence-electron chi connectivity index (χ1n) is 7.04. The van der Waals surface area contributed by atoms with E-state index in [4.69, 9.17) is 0 Å². The number of nitrogens with one attached hydrogen (secondary N) is 1. The first-order chi connectivity index (χ1) is 10.6. The number of carbonyl (C=O) groups is 2. The molecule has 1 aliphatic heterocycles. The van der Waals surface area contributed by atoms with Crippen molar-refractivity contribution >= 4 is 11.9 Å². The van der Waals surface area contributed by atoms with Crippen LogP contribution in [0.15, 0.2) is 18.2 Å². The van der Waals surface area contributed by atoms with Crippen LogP contribution in [-0.4, -0.2) is 48.4 Å². The molecule has 1 aromatic rings. The maximum Gasteiger partial charge on any atom is 0.416 e. The molecule has 8 heteroatoms. The highest BCUT2D eigenvalue weighted by atomic mass is 19.4. The van der Waals surface area contributed by atoms with Gasteiger partial charge in [-0.15, -0.1) is 0 Å². The van der Waals surface area contributed by atoms with Crippen molar-refractivity contribution in [2.24, 2.45) is 0 Å². The Labute approximate surface area is 132 Å². The van der Waals surface area contributed by atoms with Gasteiger partial charge in [0.25, 0.3) is 0 Å². The average molecular weight is 329 g/mol. The number of rotatable bonds is 3. The predicted octanol–water partition coefficient (Wildman–Crippen LogP) is 2.00. The normalized spacial score (nSPS) is 18.5. The number of halogens is 3. The summed E-state index contributed by atoms with van der Waals surface area (Å²) in [6.07, 6.45) is -4.43. The minimum absolute atomic E-state index is 0.0170. The second-order valence-corrected chi connectivity index (χ2v) is 5.60. The van der Waals surface area contributed by atoms with Crippen LogP contribution < -0.4 is 5.32 Å². The Morgan fingerprint density at radius 1 is 1.35 bits per heavy atom. The number of nitrogens with zero attached hydrogens (tertiary/aromatic N) is 2. The zero-order valence-electron chi connectivity index (χ0n) is 13.1. The Morgan fingerprint density at radius 2 is 2.00 bits per heavy atom. The monoisotopic (exact) mass is 329 g/mol. The van der Waals surface area contributed by atoms with E-state index in [0.29, 0.717) is 5.56 Å². The minimum atomic E-state index is -4.43. The number of hydrogen-bond donors (Lipinski definition) is 1. The summed E-state index contributed by atoms with van der Waals surface area (Å²) in [7, 11) is 3.11. The average Bonchev–Trinajstić information content (AvgIpc) is 2.72. The lowest BCUT2D eigenvalue weighted by Gasteiger charge is -2.18. The van der Waals surface area contributed by atoms with Gasteiger partial charge in [-0.25, -0.2) is 4.79 Å². The van der Waals surface area contributed by atoms with E-state index < -0.39 is 17.8 Å². The number of benzene rings is 1. The van der Waals surface area contributed by atoms with Crippen molar-refractivity contribution in [2.75, 3.05) is 20.6 Å². The van der Waals surface area contributed by atoms with Crippen LogP contribution in [0.5, 0.6) is 0 Å². The van der Waals surface area contributed by atoms with Crippen LogP contribution in [-0.2, 0) is 17.5 Å². The molecule has 126 valence electrons. The highest BCUT2D eigenvalue weighted by molar-refractivity contribution is 5.90. The van der Waals surface area contributed by atoms with Gasteiger partial charge >= 0.3 is 12.2 Å². The fourth-order valence-electron chi connectivity index (χ4n) is 2.60. The molecule has 1 saturated heterocycles. The van der Waals surface area contributed by atoms with Gasteiger partial charge in [-0.3, -0.25) is 4.79 Å². The van der Waals surface area contributed by atoms with Crippen molar-refractivity contribution < 1.29 is 22.8 Å². The third-order valence-corrected chi connectivity index (χ3v) is 4.05. The molecule has 0 bridgehead atoms. The van der Waals surface area contributed by atoms with E-state index in [1.807, 2.05) is 0 Å². The molecular weight excluding hydrogens is 311 g/mol. The van der Waals surface area contributed by atoms with Gasteiger partial charge in [0, 0.05) is 20.6 Å². The van der Waals surface area contributed by atoms with Gasteiger partial charge in [0.15, 0.2) is 0 Å². The van der Waals surface area contributed by atoms with Gasteiger partial charge in [0.1, 0.15) is 6.04 Å². The lowest BCUT2D eigenvalue weighted by atomic mass is 10.0. The van der Waals surface area contributed by atoms with Crippen molar-refractivity contribution in [3.63, 3.8) is 0 Å². The van der Waals surface area contributed by atoms with E-state index >= 15 is 0 Å². The van der Waals surface area contributed by atoms with Crippen molar-refractivity contribution in [1.29, 1.82) is 0 Å². The maximum atomic E-state index is 12.9. The summed E-state index contributed by atoms with van der Waals surface area (Å²) in [5.41, 5.74) is -0.223. The van der Waals surface area contributed by atoms with Gasteiger partial charge in [0.2, 0.25) is 5.91 Å². The SMILES string of the molecule is Cc1c(CNC(=O)[C@@H]2CN(C)C(=O)N2C)cccc1C(F)(F)F. The lowest BCUT2D eigenvalue weighted by Crippen LogP contribution is -2.43. The molecule has 5 nitrogen and oxygen atoms in total. The summed E-state index contributed by atoms with van der Waals surface area (Å²) in [5, 5.41) is 2.61. The number of amides is 3.